The molecule has 23 heavy (non-hydrogen) atoms. The standard InChI is InChI=1S/C17H17ClN2O2S/c18-14-3-1-12(2-4-14)10-20-17(21)13-5-7-19-16(9-13)22-15-6-8-23-11-15/h1-5,7,9,15H,6,8,10-11H2,(H,20,21). The molecule has 6 heteroatoms. The Morgan fingerprint density at radius 2 is 2.17 bits per heavy atom. The topological polar surface area (TPSA) is 51.2 Å². The second-order valence-electron chi connectivity index (χ2n) is 5.30. The monoisotopic (exact) mass is 348 g/mol. The Bertz CT molecular complexity index is 673. The first-order valence-corrected chi connectivity index (χ1v) is 8.97. The van der Waals surface area contributed by atoms with Crippen molar-refractivity contribution >= 4 is 29.3 Å². The number of pyridine rings is 1. The zero-order valence-corrected chi connectivity index (χ0v) is 14.1. The number of amides is 1. The summed E-state index contributed by atoms with van der Waals surface area (Å²) in [6.07, 6.45) is 2.83. The van der Waals surface area contributed by atoms with E-state index in [0.29, 0.717) is 23.0 Å². The number of halogens is 1. The summed E-state index contributed by atoms with van der Waals surface area (Å²) in [6.45, 7) is 0.452. The first kappa shape index (κ1) is 16.1. The minimum atomic E-state index is -0.145. The maximum absolute atomic E-state index is 12.2. The molecule has 120 valence electrons. The van der Waals surface area contributed by atoms with E-state index in [1.54, 1.807) is 30.5 Å². The molecule has 2 heterocycles. The van der Waals surface area contributed by atoms with Crippen LogP contribution < -0.4 is 10.1 Å². The van der Waals surface area contributed by atoms with Crippen molar-refractivity contribution in [3.05, 3.63) is 58.7 Å². The van der Waals surface area contributed by atoms with Gasteiger partial charge < -0.3 is 10.1 Å². The van der Waals surface area contributed by atoms with Gasteiger partial charge in [0.2, 0.25) is 5.88 Å². The van der Waals surface area contributed by atoms with Crippen LogP contribution in [0.3, 0.4) is 0 Å². The molecule has 0 saturated carbocycles. The highest BCUT2D eigenvalue weighted by Crippen LogP contribution is 2.22. The van der Waals surface area contributed by atoms with E-state index in [1.807, 2.05) is 23.9 Å². The Morgan fingerprint density at radius 1 is 1.35 bits per heavy atom. The fourth-order valence-electron chi connectivity index (χ4n) is 2.28. The van der Waals surface area contributed by atoms with E-state index in [1.165, 1.54) is 0 Å². The number of hydrogen-bond donors (Lipinski definition) is 1. The Balaban J connectivity index is 1.59. The Morgan fingerprint density at radius 3 is 2.91 bits per heavy atom. The van der Waals surface area contributed by atoms with Crippen molar-refractivity contribution in [1.82, 2.24) is 10.3 Å². The molecule has 1 aliphatic rings. The molecule has 1 amide bonds. The summed E-state index contributed by atoms with van der Waals surface area (Å²) in [6, 6.07) is 10.8. The minimum Gasteiger partial charge on any atom is -0.473 e. The number of aromatic nitrogens is 1. The molecule has 1 unspecified atom stereocenters. The lowest BCUT2D eigenvalue weighted by Crippen LogP contribution is -2.23. The highest BCUT2D eigenvalue weighted by Gasteiger charge is 2.18. The van der Waals surface area contributed by atoms with Crippen LogP contribution in [0, 0.1) is 0 Å². The van der Waals surface area contributed by atoms with E-state index in [9.17, 15) is 4.79 Å². The number of benzene rings is 1. The summed E-state index contributed by atoms with van der Waals surface area (Å²) >= 11 is 7.72. The van der Waals surface area contributed by atoms with Crippen molar-refractivity contribution in [3.63, 3.8) is 0 Å². The number of rotatable bonds is 5. The Labute approximate surface area is 144 Å². The van der Waals surface area contributed by atoms with Crippen molar-refractivity contribution in [2.45, 2.75) is 19.1 Å². The zero-order chi connectivity index (χ0) is 16.1. The van der Waals surface area contributed by atoms with Crippen LogP contribution in [0.2, 0.25) is 5.02 Å². The SMILES string of the molecule is O=C(NCc1ccc(Cl)cc1)c1ccnc(OC2CCSC2)c1. The summed E-state index contributed by atoms with van der Waals surface area (Å²) in [5, 5.41) is 3.57. The van der Waals surface area contributed by atoms with Gasteiger partial charge in [-0.05, 0) is 35.9 Å². The average molecular weight is 349 g/mol. The molecule has 1 aromatic carbocycles. The molecule has 0 bridgehead atoms. The number of carbonyl (C=O) groups is 1. The third-order valence-corrected chi connectivity index (χ3v) is 4.92. The average Bonchev–Trinajstić information content (AvgIpc) is 3.07. The Kier molecular flexibility index (Phi) is 5.41. The molecular weight excluding hydrogens is 332 g/mol. The summed E-state index contributed by atoms with van der Waals surface area (Å²) in [5.41, 5.74) is 1.55. The molecule has 0 radical (unpaired) electrons. The number of nitrogens with zero attached hydrogens (tertiary/aromatic N) is 1. The maximum Gasteiger partial charge on any atom is 0.251 e. The van der Waals surface area contributed by atoms with Gasteiger partial charge >= 0.3 is 0 Å². The quantitative estimate of drug-likeness (QED) is 0.897. The zero-order valence-electron chi connectivity index (χ0n) is 12.5. The molecular formula is C17H17ClN2O2S. The van der Waals surface area contributed by atoms with Crippen molar-refractivity contribution < 1.29 is 9.53 Å². The molecule has 2 aromatic rings. The Hall–Kier alpha value is -1.72. The third kappa shape index (κ3) is 4.62. The number of thioether (sulfide) groups is 1. The predicted octanol–water partition coefficient (Wildman–Crippen LogP) is 3.55. The van der Waals surface area contributed by atoms with Gasteiger partial charge in [-0.2, -0.15) is 11.8 Å². The minimum absolute atomic E-state index is 0.145. The molecule has 1 fully saturated rings. The van der Waals surface area contributed by atoms with Crippen LogP contribution in [0.1, 0.15) is 22.3 Å². The maximum atomic E-state index is 12.2. The van der Waals surface area contributed by atoms with E-state index in [4.69, 9.17) is 16.3 Å². The predicted molar refractivity (Wildman–Crippen MR) is 93.2 cm³/mol. The summed E-state index contributed by atoms with van der Waals surface area (Å²) in [4.78, 5) is 16.4. The number of ether oxygens (including phenoxy) is 1. The number of carbonyl (C=O) groups excluding carboxylic acids is 1. The summed E-state index contributed by atoms with van der Waals surface area (Å²) in [5.74, 6) is 2.46. The number of hydrogen-bond acceptors (Lipinski definition) is 4. The van der Waals surface area contributed by atoms with Gasteiger partial charge in [0.1, 0.15) is 6.10 Å². The number of nitrogens with one attached hydrogen (secondary N) is 1. The third-order valence-electron chi connectivity index (χ3n) is 3.54. The molecule has 1 N–H and O–H groups in total. The molecule has 1 aromatic heterocycles. The van der Waals surface area contributed by atoms with Crippen molar-refractivity contribution in [1.29, 1.82) is 0 Å². The van der Waals surface area contributed by atoms with Gasteiger partial charge in [-0.1, -0.05) is 23.7 Å². The molecule has 0 aliphatic carbocycles. The lowest BCUT2D eigenvalue weighted by Gasteiger charge is -2.12. The van der Waals surface area contributed by atoms with E-state index < -0.39 is 0 Å². The second kappa shape index (κ2) is 7.70. The molecule has 3 rings (SSSR count). The molecule has 1 aliphatic heterocycles. The normalized spacial score (nSPS) is 17.0. The van der Waals surface area contributed by atoms with Crippen LogP contribution in [0.25, 0.3) is 0 Å². The smallest absolute Gasteiger partial charge is 0.251 e. The molecule has 4 nitrogen and oxygen atoms in total. The van der Waals surface area contributed by atoms with Crippen LogP contribution in [-0.2, 0) is 6.54 Å². The van der Waals surface area contributed by atoms with Gasteiger partial charge in [-0.15, -0.1) is 0 Å². The van der Waals surface area contributed by atoms with Crippen molar-refractivity contribution in [2.24, 2.45) is 0 Å². The first-order valence-electron chi connectivity index (χ1n) is 7.44. The van der Waals surface area contributed by atoms with Gasteiger partial charge in [-0.25, -0.2) is 4.98 Å². The van der Waals surface area contributed by atoms with Crippen LogP contribution in [0.15, 0.2) is 42.6 Å². The lowest BCUT2D eigenvalue weighted by molar-refractivity contribution is 0.0950. The highest BCUT2D eigenvalue weighted by molar-refractivity contribution is 7.99. The lowest BCUT2D eigenvalue weighted by atomic mass is 10.2. The van der Waals surface area contributed by atoms with E-state index >= 15 is 0 Å². The second-order valence-corrected chi connectivity index (χ2v) is 6.88. The van der Waals surface area contributed by atoms with Gasteiger partial charge in [0, 0.05) is 35.1 Å². The first-order chi connectivity index (χ1) is 11.2. The van der Waals surface area contributed by atoms with E-state index in [0.717, 1.165) is 23.5 Å². The van der Waals surface area contributed by atoms with Crippen LogP contribution in [-0.4, -0.2) is 28.5 Å². The van der Waals surface area contributed by atoms with E-state index in [2.05, 4.69) is 10.3 Å². The van der Waals surface area contributed by atoms with Gasteiger partial charge in [0.05, 0.1) is 0 Å². The van der Waals surface area contributed by atoms with Gasteiger partial charge in [-0.3, -0.25) is 4.79 Å². The highest BCUT2D eigenvalue weighted by atomic mass is 35.5. The molecule has 0 spiro atoms. The van der Waals surface area contributed by atoms with Crippen LogP contribution >= 0.6 is 23.4 Å². The molecule has 1 atom stereocenters. The fraction of sp³-hybridized carbons (Fsp3) is 0.294. The molecule has 1 saturated heterocycles. The van der Waals surface area contributed by atoms with E-state index in [-0.39, 0.29) is 12.0 Å². The van der Waals surface area contributed by atoms with Gasteiger partial charge in [0.25, 0.3) is 5.91 Å². The van der Waals surface area contributed by atoms with Gasteiger partial charge in [0.15, 0.2) is 0 Å². The van der Waals surface area contributed by atoms with Crippen molar-refractivity contribution in [3.8, 4) is 5.88 Å². The van der Waals surface area contributed by atoms with Crippen LogP contribution in [0.5, 0.6) is 5.88 Å². The largest absolute Gasteiger partial charge is 0.473 e. The summed E-state index contributed by atoms with van der Waals surface area (Å²) in [7, 11) is 0. The fourth-order valence-corrected chi connectivity index (χ4v) is 3.50. The van der Waals surface area contributed by atoms with Crippen LogP contribution in [0.4, 0.5) is 0 Å². The van der Waals surface area contributed by atoms with Crippen molar-refractivity contribution in [2.75, 3.05) is 11.5 Å². The summed E-state index contributed by atoms with van der Waals surface area (Å²) < 4.78 is 5.82.